The molecule has 0 radical (unpaired) electrons. The second-order valence-corrected chi connectivity index (χ2v) is 7.09. The van der Waals surface area contributed by atoms with Gasteiger partial charge in [0, 0.05) is 17.3 Å². The smallest absolute Gasteiger partial charge is 0.430 e. The first-order valence-corrected chi connectivity index (χ1v) is 9.67. The number of carbonyl (C=O) groups is 2. The summed E-state index contributed by atoms with van der Waals surface area (Å²) in [6.45, 7) is 5.79. The lowest BCUT2D eigenvalue weighted by atomic mass is 10.1. The Morgan fingerprint density at radius 2 is 1.82 bits per heavy atom. The average molecular weight is 464 g/mol. The van der Waals surface area contributed by atoms with Gasteiger partial charge in [-0.2, -0.15) is 17.7 Å². The molecule has 1 amide bonds. The molecule has 0 saturated carbocycles. The normalized spacial score (nSPS) is 14.8. The predicted octanol–water partition coefficient (Wildman–Crippen LogP) is 1.95. The zero-order valence-corrected chi connectivity index (χ0v) is 18.4. The molecule has 3 N–H and O–H groups in total. The Labute approximate surface area is 188 Å². The number of hydrogen-bond donors (Lipinski definition) is 2. The van der Waals surface area contributed by atoms with Crippen molar-refractivity contribution in [2.45, 2.75) is 33.0 Å². The van der Waals surface area contributed by atoms with Crippen molar-refractivity contribution < 1.29 is 37.2 Å². The molecule has 0 aliphatic carbocycles. The number of ether oxygens (including phenoxy) is 1. The first-order chi connectivity index (χ1) is 15.4. The van der Waals surface area contributed by atoms with Crippen LogP contribution >= 0.6 is 0 Å². The SMILES string of the molecule is COc1cc(NC(=O)[C@H](C)N)ccc1N=C1C(C)=C(C)c2cccc[n+]21.O=C([O-])C(F)(F)F. The molecule has 33 heavy (non-hydrogen) atoms. The number of carboxylic acids is 1. The largest absolute Gasteiger partial charge is 0.542 e. The minimum absolute atomic E-state index is 0.249. The van der Waals surface area contributed by atoms with E-state index in [1.165, 1.54) is 5.57 Å². The molecular formula is C22H23F3N4O4. The van der Waals surface area contributed by atoms with E-state index in [0.29, 0.717) is 17.1 Å². The number of hydrogen-bond acceptors (Lipinski definition) is 6. The van der Waals surface area contributed by atoms with Gasteiger partial charge in [-0.05, 0) is 50.0 Å². The fourth-order valence-electron chi connectivity index (χ4n) is 2.83. The molecule has 0 unspecified atom stereocenters. The Morgan fingerprint density at radius 1 is 1.18 bits per heavy atom. The van der Waals surface area contributed by atoms with Crippen LogP contribution in [0.1, 0.15) is 26.5 Å². The van der Waals surface area contributed by atoms with Crippen LogP contribution < -0.4 is 25.5 Å². The lowest BCUT2D eigenvalue weighted by molar-refractivity contribution is -0.554. The third kappa shape index (κ3) is 6.16. The molecule has 0 bridgehead atoms. The van der Waals surface area contributed by atoms with E-state index in [1.54, 1.807) is 26.2 Å². The third-order valence-electron chi connectivity index (χ3n) is 4.69. The van der Waals surface area contributed by atoms with E-state index in [-0.39, 0.29) is 5.91 Å². The molecule has 3 rings (SSSR count). The molecule has 1 atom stereocenters. The molecular weight excluding hydrogens is 441 g/mol. The number of halogens is 3. The number of methoxy groups -OCH3 is 1. The van der Waals surface area contributed by atoms with Crippen molar-refractivity contribution in [3.8, 4) is 5.75 Å². The number of aliphatic imine (C=N–C) groups is 1. The van der Waals surface area contributed by atoms with Gasteiger partial charge in [-0.25, -0.2) is 0 Å². The van der Waals surface area contributed by atoms with Gasteiger partial charge in [-0.3, -0.25) is 4.79 Å². The topological polar surface area (TPSA) is 121 Å². The minimum atomic E-state index is -5.19. The minimum Gasteiger partial charge on any atom is -0.542 e. The van der Waals surface area contributed by atoms with Crippen LogP contribution in [0, 0.1) is 0 Å². The Bertz CT molecular complexity index is 1120. The maximum atomic E-state index is 11.8. The highest BCUT2D eigenvalue weighted by Gasteiger charge is 2.30. The number of fused-ring (bicyclic) bond motifs is 1. The summed E-state index contributed by atoms with van der Waals surface area (Å²) in [5, 5.41) is 11.5. The number of benzene rings is 1. The molecule has 1 aliphatic rings. The number of amides is 1. The van der Waals surface area contributed by atoms with E-state index in [0.717, 1.165) is 17.1 Å². The van der Waals surface area contributed by atoms with E-state index in [4.69, 9.17) is 25.4 Å². The highest BCUT2D eigenvalue weighted by molar-refractivity contribution is 6.03. The summed E-state index contributed by atoms with van der Waals surface area (Å²) in [5.74, 6) is -1.81. The van der Waals surface area contributed by atoms with Crippen LogP contribution in [-0.4, -0.2) is 37.0 Å². The summed E-state index contributed by atoms with van der Waals surface area (Å²) in [5.41, 5.74) is 10.4. The quantitative estimate of drug-likeness (QED) is 0.670. The highest BCUT2D eigenvalue weighted by Crippen LogP contribution is 2.32. The molecule has 11 heteroatoms. The Balaban J connectivity index is 0.000000479. The van der Waals surface area contributed by atoms with Crippen LogP contribution in [0.2, 0.25) is 0 Å². The summed E-state index contributed by atoms with van der Waals surface area (Å²) >= 11 is 0. The molecule has 2 heterocycles. The highest BCUT2D eigenvalue weighted by atomic mass is 19.4. The van der Waals surface area contributed by atoms with Gasteiger partial charge in [-0.1, -0.05) is 6.07 Å². The van der Waals surface area contributed by atoms with Gasteiger partial charge in [-0.15, -0.1) is 0 Å². The molecule has 1 aromatic carbocycles. The number of anilines is 1. The van der Waals surface area contributed by atoms with Crippen LogP contribution in [0.25, 0.3) is 5.57 Å². The van der Waals surface area contributed by atoms with Crippen LogP contribution in [0.3, 0.4) is 0 Å². The molecule has 0 spiro atoms. The van der Waals surface area contributed by atoms with E-state index in [2.05, 4.69) is 29.8 Å². The van der Waals surface area contributed by atoms with Crippen molar-refractivity contribution in [1.82, 2.24) is 0 Å². The summed E-state index contributed by atoms with van der Waals surface area (Å²) in [7, 11) is 1.58. The van der Waals surface area contributed by atoms with Gasteiger partial charge in [0.25, 0.3) is 0 Å². The molecule has 0 saturated heterocycles. The second-order valence-electron chi connectivity index (χ2n) is 7.09. The number of nitrogens with two attached hydrogens (primary N) is 1. The van der Waals surface area contributed by atoms with Gasteiger partial charge in [0.05, 0.1) is 24.9 Å². The van der Waals surface area contributed by atoms with Gasteiger partial charge in [0.15, 0.2) is 5.75 Å². The molecule has 1 aromatic heterocycles. The third-order valence-corrected chi connectivity index (χ3v) is 4.69. The fourth-order valence-corrected chi connectivity index (χ4v) is 2.83. The first kappa shape index (κ1) is 25.5. The summed E-state index contributed by atoms with van der Waals surface area (Å²) in [4.78, 5) is 25.4. The monoisotopic (exact) mass is 464 g/mol. The number of pyridine rings is 1. The van der Waals surface area contributed by atoms with Crippen molar-refractivity contribution in [1.29, 1.82) is 0 Å². The number of nitrogens with one attached hydrogen (secondary N) is 1. The number of nitrogens with zero attached hydrogens (tertiary/aromatic N) is 2. The van der Waals surface area contributed by atoms with Crippen LogP contribution in [0.4, 0.5) is 24.5 Å². The van der Waals surface area contributed by atoms with Crippen molar-refractivity contribution in [3.63, 3.8) is 0 Å². The Hall–Kier alpha value is -3.73. The number of aromatic nitrogens is 1. The lowest BCUT2D eigenvalue weighted by Crippen LogP contribution is -2.42. The van der Waals surface area contributed by atoms with Gasteiger partial charge < -0.3 is 25.7 Å². The van der Waals surface area contributed by atoms with Gasteiger partial charge in [0.2, 0.25) is 11.6 Å². The van der Waals surface area contributed by atoms with Crippen molar-refractivity contribution >= 4 is 34.7 Å². The molecule has 176 valence electrons. The number of rotatable bonds is 4. The van der Waals surface area contributed by atoms with Crippen molar-refractivity contribution in [2.24, 2.45) is 10.7 Å². The maximum Gasteiger partial charge on any atom is 0.430 e. The summed E-state index contributed by atoms with van der Waals surface area (Å²) in [6.07, 6.45) is -3.20. The standard InChI is InChI=1S/C20H22N4O2.C2HF3O2/c1-12-13(2)19(24-10-6-5-7-17(12)24)23-16-9-8-15(11-18(16)26-4)22-20(25)14(3)21;3-2(4,5)1(6)7/h5-11,14H,21H2,1-4H3;(H,6,7)/t14-;/m0./s1. The van der Waals surface area contributed by atoms with E-state index >= 15 is 0 Å². The summed E-state index contributed by atoms with van der Waals surface area (Å²) in [6, 6.07) is 10.9. The number of aliphatic carboxylic acids is 1. The fraction of sp³-hybridized carbons (Fsp3) is 0.273. The average Bonchev–Trinajstić information content (AvgIpc) is 2.99. The Kier molecular flexibility index (Phi) is 7.94. The zero-order chi connectivity index (χ0) is 24.9. The maximum absolute atomic E-state index is 11.8. The number of carbonyl (C=O) groups excluding carboxylic acids is 2. The molecule has 2 aromatic rings. The molecule has 8 nitrogen and oxygen atoms in total. The predicted molar refractivity (Wildman–Crippen MR) is 114 cm³/mol. The van der Waals surface area contributed by atoms with E-state index < -0.39 is 18.2 Å². The van der Waals surface area contributed by atoms with E-state index in [9.17, 15) is 18.0 Å². The van der Waals surface area contributed by atoms with Crippen LogP contribution in [-0.2, 0) is 9.59 Å². The first-order valence-electron chi connectivity index (χ1n) is 9.67. The second kappa shape index (κ2) is 10.3. The lowest BCUT2D eigenvalue weighted by Gasteiger charge is -2.09. The van der Waals surface area contributed by atoms with E-state index in [1.807, 2.05) is 24.4 Å². The molecule has 1 aliphatic heterocycles. The van der Waals surface area contributed by atoms with Crippen LogP contribution in [0.15, 0.2) is 53.2 Å². The number of allylic oxidation sites excluding steroid dienone is 2. The molecule has 0 fully saturated rings. The van der Waals surface area contributed by atoms with Gasteiger partial charge in [0.1, 0.15) is 11.7 Å². The zero-order valence-electron chi connectivity index (χ0n) is 18.4. The number of carboxylic acid groups (broad SMARTS) is 1. The number of alkyl halides is 3. The Morgan fingerprint density at radius 3 is 2.36 bits per heavy atom. The summed E-state index contributed by atoms with van der Waals surface area (Å²) < 4.78 is 39.1. The van der Waals surface area contributed by atoms with Crippen molar-refractivity contribution in [3.05, 3.63) is 53.9 Å². The van der Waals surface area contributed by atoms with Crippen molar-refractivity contribution in [2.75, 3.05) is 12.4 Å². The van der Waals surface area contributed by atoms with Gasteiger partial charge >= 0.3 is 12.0 Å². The van der Waals surface area contributed by atoms with Crippen LogP contribution in [0.5, 0.6) is 5.75 Å².